The third kappa shape index (κ3) is 7.41. The van der Waals surface area contributed by atoms with Gasteiger partial charge in [-0.3, -0.25) is 9.59 Å². The van der Waals surface area contributed by atoms with Crippen LogP contribution in [0, 0.1) is 0 Å². The van der Waals surface area contributed by atoms with Crippen molar-refractivity contribution in [3.05, 3.63) is 114 Å². The SMILES string of the molecule is COCCOc1cc2ncnc(Nc3ccc(Nc4ccc(Oc5ccc(Cl)cc5)cc4)c(C4=CC(=O)C=CC4=O)c3)c2cc1OC. The molecule has 4 aromatic carbocycles. The van der Waals surface area contributed by atoms with Crippen LogP contribution in [0.4, 0.5) is 22.9 Å². The van der Waals surface area contributed by atoms with Crippen LogP contribution >= 0.6 is 11.6 Å². The maximum Gasteiger partial charge on any atom is 0.186 e. The zero-order valence-corrected chi connectivity index (χ0v) is 26.2. The van der Waals surface area contributed by atoms with Crippen LogP contribution in [-0.2, 0) is 14.3 Å². The van der Waals surface area contributed by atoms with Crippen LogP contribution < -0.4 is 24.8 Å². The van der Waals surface area contributed by atoms with Crippen molar-refractivity contribution in [2.24, 2.45) is 0 Å². The summed E-state index contributed by atoms with van der Waals surface area (Å²) in [6.07, 6.45) is 5.32. The normalized spacial score (nSPS) is 12.5. The molecule has 0 saturated carbocycles. The van der Waals surface area contributed by atoms with Crippen LogP contribution in [0.3, 0.4) is 0 Å². The highest BCUT2D eigenvalue weighted by molar-refractivity contribution is 6.34. The van der Waals surface area contributed by atoms with Crippen LogP contribution in [0.2, 0.25) is 5.02 Å². The van der Waals surface area contributed by atoms with Gasteiger partial charge in [-0.2, -0.15) is 0 Å². The Kier molecular flexibility index (Phi) is 9.42. The number of ketones is 2. The number of hydrogen-bond donors (Lipinski definition) is 2. The van der Waals surface area contributed by atoms with E-state index in [9.17, 15) is 9.59 Å². The molecule has 0 radical (unpaired) electrons. The van der Waals surface area contributed by atoms with E-state index in [1.54, 1.807) is 56.7 Å². The Labute approximate surface area is 275 Å². The number of nitrogens with one attached hydrogen (secondary N) is 2. The van der Waals surface area contributed by atoms with Crippen molar-refractivity contribution in [1.29, 1.82) is 0 Å². The third-order valence-electron chi connectivity index (χ3n) is 7.17. The zero-order chi connectivity index (χ0) is 32.8. The van der Waals surface area contributed by atoms with E-state index < -0.39 is 0 Å². The number of ether oxygens (including phenoxy) is 4. The number of fused-ring (bicyclic) bond motifs is 1. The van der Waals surface area contributed by atoms with Crippen LogP contribution in [0.5, 0.6) is 23.0 Å². The molecule has 10 nitrogen and oxygen atoms in total. The molecule has 0 amide bonds. The predicted molar refractivity (Wildman–Crippen MR) is 182 cm³/mol. The molecule has 0 aliphatic heterocycles. The predicted octanol–water partition coefficient (Wildman–Crippen LogP) is 7.69. The van der Waals surface area contributed by atoms with Crippen molar-refractivity contribution in [2.75, 3.05) is 38.1 Å². The fraction of sp³-hybridized carbons (Fsp3) is 0.111. The van der Waals surface area contributed by atoms with Crippen LogP contribution in [-0.4, -0.2) is 49.0 Å². The summed E-state index contributed by atoms with van der Waals surface area (Å²) < 4.78 is 22.4. The number of allylic oxidation sites excluding steroid dienone is 4. The van der Waals surface area contributed by atoms with E-state index in [2.05, 4.69) is 20.6 Å². The lowest BCUT2D eigenvalue weighted by molar-refractivity contribution is -0.113. The van der Waals surface area contributed by atoms with Gasteiger partial charge < -0.3 is 29.6 Å². The minimum atomic E-state index is -0.283. The first kappa shape index (κ1) is 31.3. The summed E-state index contributed by atoms with van der Waals surface area (Å²) in [6.45, 7) is 0.778. The van der Waals surface area contributed by atoms with Gasteiger partial charge in [0.15, 0.2) is 23.1 Å². The second-order valence-electron chi connectivity index (χ2n) is 10.3. The molecule has 5 aromatic rings. The van der Waals surface area contributed by atoms with E-state index in [0.717, 1.165) is 5.69 Å². The number of hydrogen-bond acceptors (Lipinski definition) is 10. The van der Waals surface area contributed by atoms with E-state index in [0.29, 0.717) is 74.9 Å². The Bertz CT molecular complexity index is 2010. The summed E-state index contributed by atoms with van der Waals surface area (Å²) >= 11 is 5.97. The van der Waals surface area contributed by atoms with Crippen LogP contribution in [0.1, 0.15) is 5.56 Å². The Morgan fingerprint density at radius 1 is 0.766 bits per heavy atom. The Morgan fingerprint density at radius 2 is 1.51 bits per heavy atom. The van der Waals surface area contributed by atoms with Gasteiger partial charge in [0.05, 0.1) is 19.2 Å². The quantitative estimate of drug-likeness (QED) is 0.103. The molecule has 2 N–H and O–H groups in total. The average Bonchev–Trinajstić information content (AvgIpc) is 3.08. The molecule has 0 saturated heterocycles. The number of nitrogens with zero attached hydrogens (tertiary/aromatic N) is 2. The standard InChI is InChI=1S/C36H29ClN4O6/c1-44-15-16-46-35-20-32-30(19-34(35)45-2)36(39-21-38-32)41-24-7-13-31(28(17-24)29-18-25(42)8-14-33(29)43)40-23-5-11-27(12-6-23)47-26-9-3-22(37)4-10-26/h3-14,17-21,40H,15-16H2,1-2H3,(H,38,39,41). The monoisotopic (exact) mass is 648 g/mol. The maximum atomic E-state index is 13.0. The van der Waals surface area contributed by atoms with Gasteiger partial charge in [0.1, 0.15) is 30.3 Å². The van der Waals surface area contributed by atoms with E-state index in [4.69, 9.17) is 30.5 Å². The van der Waals surface area contributed by atoms with Crippen molar-refractivity contribution >= 4 is 62.5 Å². The molecule has 11 heteroatoms. The molecule has 1 heterocycles. The number of anilines is 4. The van der Waals surface area contributed by atoms with Crippen molar-refractivity contribution in [3.8, 4) is 23.0 Å². The molecular formula is C36H29ClN4O6. The molecule has 0 fully saturated rings. The van der Waals surface area contributed by atoms with Gasteiger partial charge in [0.2, 0.25) is 0 Å². The second kappa shape index (κ2) is 14.2. The molecule has 47 heavy (non-hydrogen) atoms. The first-order chi connectivity index (χ1) is 22.9. The first-order valence-corrected chi connectivity index (χ1v) is 14.9. The Balaban J connectivity index is 1.30. The summed E-state index contributed by atoms with van der Waals surface area (Å²) in [4.78, 5) is 34.2. The van der Waals surface area contributed by atoms with Crippen LogP contribution in [0.15, 0.2) is 103 Å². The maximum absolute atomic E-state index is 13.0. The number of methoxy groups -OCH3 is 2. The lowest BCUT2D eigenvalue weighted by atomic mass is 9.94. The number of carbonyl (C=O) groups excluding carboxylic acids is 2. The zero-order valence-electron chi connectivity index (χ0n) is 25.5. The Morgan fingerprint density at radius 3 is 2.26 bits per heavy atom. The largest absolute Gasteiger partial charge is 0.493 e. The summed E-state index contributed by atoms with van der Waals surface area (Å²) in [7, 11) is 3.16. The van der Waals surface area contributed by atoms with Crippen molar-refractivity contribution in [2.45, 2.75) is 0 Å². The first-order valence-electron chi connectivity index (χ1n) is 14.5. The fourth-order valence-corrected chi connectivity index (χ4v) is 5.01. The summed E-state index contributed by atoms with van der Waals surface area (Å²) in [5.74, 6) is 2.30. The van der Waals surface area contributed by atoms with E-state index in [1.807, 2.05) is 36.4 Å². The minimum Gasteiger partial charge on any atom is -0.493 e. The average molecular weight is 649 g/mol. The van der Waals surface area contributed by atoms with Gasteiger partial charge in [-0.25, -0.2) is 9.97 Å². The smallest absolute Gasteiger partial charge is 0.186 e. The van der Waals surface area contributed by atoms with Gasteiger partial charge in [0, 0.05) is 51.8 Å². The lowest BCUT2D eigenvalue weighted by Gasteiger charge is -2.18. The summed E-state index contributed by atoms with van der Waals surface area (Å²) in [6, 6.07) is 23.5. The number of carbonyl (C=O) groups is 2. The molecule has 0 spiro atoms. The van der Waals surface area contributed by atoms with Gasteiger partial charge in [-0.05, 0) is 91.0 Å². The minimum absolute atomic E-state index is 0.262. The van der Waals surface area contributed by atoms with Crippen molar-refractivity contribution in [3.63, 3.8) is 0 Å². The fourth-order valence-electron chi connectivity index (χ4n) is 4.88. The van der Waals surface area contributed by atoms with E-state index in [1.165, 1.54) is 24.6 Å². The number of aromatic nitrogens is 2. The molecule has 1 aliphatic rings. The molecule has 0 unspecified atom stereocenters. The van der Waals surface area contributed by atoms with Crippen molar-refractivity contribution < 1.29 is 28.5 Å². The topological polar surface area (TPSA) is 121 Å². The van der Waals surface area contributed by atoms with Crippen LogP contribution in [0.25, 0.3) is 16.5 Å². The van der Waals surface area contributed by atoms with E-state index >= 15 is 0 Å². The number of halogens is 1. The number of benzene rings is 4. The highest BCUT2D eigenvalue weighted by atomic mass is 35.5. The van der Waals surface area contributed by atoms with Crippen molar-refractivity contribution in [1.82, 2.24) is 9.97 Å². The Hall–Kier alpha value is -5.71. The summed E-state index contributed by atoms with van der Waals surface area (Å²) in [5, 5.41) is 8.03. The van der Waals surface area contributed by atoms with Gasteiger partial charge in [-0.1, -0.05) is 11.6 Å². The molecular weight excluding hydrogens is 620 g/mol. The van der Waals surface area contributed by atoms with Gasteiger partial charge in [0.25, 0.3) is 0 Å². The molecule has 6 rings (SSSR count). The number of rotatable bonds is 12. The molecule has 1 aromatic heterocycles. The summed E-state index contributed by atoms with van der Waals surface area (Å²) in [5.41, 5.74) is 3.43. The molecule has 1 aliphatic carbocycles. The molecule has 236 valence electrons. The second-order valence-corrected chi connectivity index (χ2v) is 10.8. The highest BCUT2D eigenvalue weighted by Gasteiger charge is 2.20. The molecule has 0 bridgehead atoms. The van der Waals surface area contributed by atoms with E-state index in [-0.39, 0.29) is 17.1 Å². The van der Waals surface area contributed by atoms with Gasteiger partial charge in [-0.15, -0.1) is 0 Å². The molecule has 0 atom stereocenters. The van der Waals surface area contributed by atoms with Gasteiger partial charge >= 0.3 is 0 Å². The highest BCUT2D eigenvalue weighted by Crippen LogP contribution is 2.37. The lowest BCUT2D eigenvalue weighted by Crippen LogP contribution is -2.09. The third-order valence-corrected chi connectivity index (χ3v) is 7.42.